The molecule has 210 valence electrons. The molecule has 0 fully saturated rings. The van der Waals surface area contributed by atoms with Gasteiger partial charge in [-0.15, -0.1) is 11.3 Å². The molecule has 0 aliphatic heterocycles. The number of para-hydroxylation sites is 2. The lowest BCUT2D eigenvalue weighted by Gasteiger charge is -2.12. The first-order valence-corrected chi connectivity index (χ1v) is 16.1. The van der Waals surface area contributed by atoms with Crippen LogP contribution in [0.1, 0.15) is 0 Å². The van der Waals surface area contributed by atoms with Crippen LogP contribution in [-0.4, -0.2) is 4.57 Å². The molecule has 45 heavy (non-hydrogen) atoms. The molecule has 3 aromatic heterocycles. The standard InChI is InChI=1S/C42H25NOS/c1-2-10-26(11-3-1)33-24-29(25-36-31-13-5-8-16-39(31)44-42(33)36)43-37-15-7-4-12-30(37)34-22-27(18-20-38(34)43)28-19-21-41-35(23-28)32-14-6-9-17-40(32)45-41/h1-25H. The third-order valence-corrected chi connectivity index (χ3v) is 10.3. The lowest BCUT2D eigenvalue weighted by molar-refractivity contribution is 0.670. The van der Waals surface area contributed by atoms with Crippen LogP contribution in [0.15, 0.2) is 156 Å². The smallest absolute Gasteiger partial charge is 0.143 e. The van der Waals surface area contributed by atoms with Crippen molar-refractivity contribution in [1.29, 1.82) is 0 Å². The van der Waals surface area contributed by atoms with Crippen molar-refractivity contribution in [3.63, 3.8) is 0 Å². The molecule has 0 atom stereocenters. The van der Waals surface area contributed by atoms with Gasteiger partial charge in [0.2, 0.25) is 0 Å². The Kier molecular flexibility index (Phi) is 5.19. The summed E-state index contributed by atoms with van der Waals surface area (Å²) < 4.78 is 11.6. The molecule has 2 nitrogen and oxygen atoms in total. The number of benzene rings is 7. The topological polar surface area (TPSA) is 18.1 Å². The van der Waals surface area contributed by atoms with Crippen molar-refractivity contribution >= 4 is 75.3 Å². The van der Waals surface area contributed by atoms with Crippen LogP contribution >= 0.6 is 11.3 Å². The van der Waals surface area contributed by atoms with Gasteiger partial charge in [0.1, 0.15) is 11.2 Å². The van der Waals surface area contributed by atoms with Gasteiger partial charge in [0, 0.05) is 53.0 Å². The summed E-state index contributed by atoms with van der Waals surface area (Å²) in [7, 11) is 0. The first-order valence-electron chi connectivity index (χ1n) is 15.3. The largest absolute Gasteiger partial charge is 0.455 e. The van der Waals surface area contributed by atoms with Crippen molar-refractivity contribution in [1.82, 2.24) is 4.57 Å². The van der Waals surface area contributed by atoms with E-state index in [1.165, 1.54) is 53.1 Å². The lowest BCUT2D eigenvalue weighted by atomic mass is 10.0. The molecule has 0 spiro atoms. The monoisotopic (exact) mass is 591 g/mol. The fraction of sp³-hybridized carbons (Fsp3) is 0. The van der Waals surface area contributed by atoms with E-state index in [2.05, 4.69) is 150 Å². The van der Waals surface area contributed by atoms with Gasteiger partial charge in [-0.1, -0.05) is 97.1 Å². The van der Waals surface area contributed by atoms with Gasteiger partial charge in [0.25, 0.3) is 0 Å². The Morgan fingerprint density at radius 1 is 0.422 bits per heavy atom. The third-order valence-electron chi connectivity index (χ3n) is 9.19. The molecule has 0 N–H and O–H groups in total. The second-order valence-electron chi connectivity index (χ2n) is 11.7. The van der Waals surface area contributed by atoms with Crippen LogP contribution in [0.25, 0.3) is 91.9 Å². The molecular formula is C42H25NOS. The Balaban J connectivity index is 1.23. The Labute approximate surface area is 263 Å². The Morgan fingerprint density at radius 3 is 1.98 bits per heavy atom. The first kappa shape index (κ1) is 24.8. The molecule has 0 unspecified atom stereocenters. The minimum absolute atomic E-state index is 0.907. The Bertz CT molecular complexity index is 2760. The quantitative estimate of drug-likeness (QED) is 0.200. The van der Waals surface area contributed by atoms with Gasteiger partial charge in [0.15, 0.2) is 0 Å². The van der Waals surface area contributed by atoms with Crippen LogP contribution in [0.3, 0.4) is 0 Å². The normalized spacial score (nSPS) is 12.0. The molecular weight excluding hydrogens is 567 g/mol. The maximum Gasteiger partial charge on any atom is 0.143 e. The molecule has 0 saturated heterocycles. The number of aromatic nitrogens is 1. The molecule has 0 radical (unpaired) electrons. The van der Waals surface area contributed by atoms with Crippen LogP contribution in [0.2, 0.25) is 0 Å². The summed E-state index contributed by atoms with van der Waals surface area (Å²) in [6.07, 6.45) is 0. The van der Waals surface area contributed by atoms with Crippen molar-refractivity contribution in [3.05, 3.63) is 152 Å². The molecule has 7 aromatic carbocycles. The average Bonchev–Trinajstić information content (AvgIpc) is 3.77. The van der Waals surface area contributed by atoms with Crippen molar-refractivity contribution in [2.24, 2.45) is 0 Å². The highest BCUT2D eigenvalue weighted by molar-refractivity contribution is 7.25. The molecule has 3 heteroatoms. The van der Waals surface area contributed by atoms with Crippen LogP contribution < -0.4 is 0 Å². The summed E-state index contributed by atoms with van der Waals surface area (Å²) in [6, 6.07) is 54.8. The van der Waals surface area contributed by atoms with E-state index in [0.29, 0.717) is 0 Å². The zero-order valence-electron chi connectivity index (χ0n) is 24.2. The average molecular weight is 592 g/mol. The van der Waals surface area contributed by atoms with E-state index in [4.69, 9.17) is 4.42 Å². The predicted molar refractivity (Wildman–Crippen MR) is 192 cm³/mol. The fourth-order valence-corrected chi connectivity index (χ4v) is 8.20. The molecule has 0 aliphatic rings. The van der Waals surface area contributed by atoms with E-state index >= 15 is 0 Å². The highest BCUT2D eigenvalue weighted by atomic mass is 32.1. The zero-order chi connectivity index (χ0) is 29.5. The Hall–Kier alpha value is -5.64. The summed E-state index contributed by atoms with van der Waals surface area (Å²) in [5.74, 6) is 0. The number of furan rings is 1. The molecule has 0 amide bonds. The summed E-state index contributed by atoms with van der Waals surface area (Å²) >= 11 is 1.86. The Morgan fingerprint density at radius 2 is 1.09 bits per heavy atom. The van der Waals surface area contributed by atoms with Crippen LogP contribution in [0.5, 0.6) is 0 Å². The van der Waals surface area contributed by atoms with Gasteiger partial charge < -0.3 is 8.98 Å². The van der Waals surface area contributed by atoms with Gasteiger partial charge in [0.05, 0.1) is 11.0 Å². The number of rotatable bonds is 3. The van der Waals surface area contributed by atoms with Gasteiger partial charge in [-0.05, 0) is 71.3 Å². The number of thiophene rings is 1. The molecule has 0 bridgehead atoms. The number of hydrogen-bond donors (Lipinski definition) is 0. The van der Waals surface area contributed by atoms with Crippen molar-refractivity contribution in [2.45, 2.75) is 0 Å². The van der Waals surface area contributed by atoms with E-state index < -0.39 is 0 Å². The maximum absolute atomic E-state index is 6.49. The van der Waals surface area contributed by atoms with E-state index in [0.717, 1.165) is 38.8 Å². The SMILES string of the molecule is c1ccc(-c2cc(-n3c4ccccc4c4cc(-c5ccc6sc7ccccc7c6c5)ccc43)cc3c2oc2ccccc23)cc1. The van der Waals surface area contributed by atoms with Gasteiger partial charge in [-0.2, -0.15) is 0 Å². The van der Waals surface area contributed by atoms with Crippen LogP contribution in [-0.2, 0) is 0 Å². The minimum atomic E-state index is 0.907. The van der Waals surface area contributed by atoms with Crippen LogP contribution in [0.4, 0.5) is 0 Å². The minimum Gasteiger partial charge on any atom is -0.455 e. The van der Waals surface area contributed by atoms with Crippen molar-refractivity contribution in [3.8, 4) is 27.9 Å². The first-order chi connectivity index (χ1) is 22.3. The van der Waals surface area contributed by atoms with E-state index in [1.807, 2.05) is 17.4 Å². The second-order valence-corrected chi connectivity index (χ2v) is 12.8. The van der Waals surface area contributed by atoms with Crippen molar-refractivity contribution in [2.75, 3.05) is 0 Å². The van der Waals surface area contributed by atoms with Gasteiger partial charge in [-0.3, -0.25) is 0 Å². The molecule has 10 rings (SSSR count). The third kappa shape index (κ3) is 3.68. The van der Waals surface area contributed by atoms with Gasteiger partial charge >= 0.3 is 0 Å². The van der Waals surface area contributed by atoms with Crippen LogP contribution in [0, 0.1) is 0 Å². The van der Waals surface area contributed by atoms with Gasteiger partial charge in [-0.25, -0.2) is 0 Å². The van der Waals surface area contributed by atoms with E-state index in [1.54, 1.807) is 0 Å². The highest BCUT2D eigenvalue weighted by Gasteiger charge is 2.19. The number of nitrogens with zero attached hydrogens (tertiary/aromatic N) is 1. The molecule has 3 heterocycles. The van der Waals surface area contributed by atoms with Crippen molar-refractivity contribution < 1.29 is 4.42 Å². The predicted octanol–water partition coefficient (Wildman–Crippen LogP) is 12.4. The second kappa shape index (κ2) is 9.43. The molecule has 0 aliphatic carbocycles. The molecule has 10 aromatic rings. The molecule has 0 saturated carbocycles. The zero-order valence-corrected chi connectivity index (χ0v) is 25.0. The summed E-state index contributed by atoms with van der Waals surface area (Å²) in [5.41, 5.74) is 10.0. The maximum atomic E-state index is 6.49. The highest BCUT2D eigenvalue weighted by Crippen LogP contribution is 2.42. The number of fused-ring (bicyclic) bond motifs is 9. The van der Waals surface area contributed by atoms with E-state index in [-0.39, 0.29) is 0 Å². The summed E-state index contributed by atoms with van der Waals surface area (Å²) in [6.45, 7) is 0. The summed E-state index contributed by atoms with van der Waals surface area (Å²) in [4.78, 5) is 0. The number of hydrogen-bond acceptors (Lipinski definition) is 2. The van der Waals surface area contributed by atoms with E-state index in [9.17, 15) is 0 Å². The summed E-state index contributed by atoms with van der Waals surface area (Å²) in [5, 5.41) is 7.40. The fourth-order valence-electron chi connectivity index (χ4n) is 7.11. The lowest BCUT2D eigenvalue weighted by Crippen LogP contribution is -1.95.